The molecule has 1 atom stereocenters. The standard InChI is InChI=1S/C12H10Br2ClNS/c13-9-6-11(17-12(9)14)10(16)5-7-2-1-3-8(15)4-7/h1-4,6,10H,5,16H2. The average Bonchev–Trinajstić information content (AvgIpc) is 2.59. The second-order valence-corrected chi connectivity index (χ2v) is 7.40. The lowest BCUT2D eigenvalue weighted by molar-refractivity contribution is 0.736. The molecular formula is C12H10Br2ClNS. The van der Waals surface area contributed by atoms with Crippen molar-refractivity contribution in [1.82, 2.24) is 0 Å². The van der Waals surface area contributed by atoms with E-state index in [1.165, 1.54) is 0 Å². The molecule has 0 radical (unpaired) electrons. The van der Waals surface area contributed by atoms with Crippen LogP contribution in [0.1, 0.15) is 16.5 Å². The fraction of sp³-hybridized carbons (Fsp3) is 0.167. The van der Waals surface area contributed by atoms with Crippen LogP contribution in [0.3, 0.4) is 0 Å². The molecule has 90 valence electrons. The quantitative estimate of drug-likeness (QED) is 0.762. The average molecular weight is 396 g/mol. The molecule has 0 aliphatic rings. The first-order chi connectivity index (χ1) is 8.06. The van der Waals surface area contributed by atoms with Crippen LogP contribution in [-0.2, 0) is 6.42 Å². The van der Waals surface area contributed by atoms with Gasteiger partial charge in [-0.25, -0.2) is 0 Å². The molecular weight excluding hydrogens is 385 g/mol. The highest BCUT2D eigenvalue weighted by atomic mass is 79.9. The van der Waals surface area contributed by atoms with Crippen LogP contribution in [0.4, 0.5) is 0 Å². The van der Waals surface area contributed by atoms with Crippen molar-refractivity contribution in [3.63, 3.8) is 0 Å². The van der Waals surface area contributed by atoms with E-state index in [0.29, 0.717) is 0 Å². The van der Waals surface area contributed by atoms with E-state index < -0.39 is 0 Å². The Bertz CT molecular complexity index is 507. The zero-order valence-electron chi connectivity index (χ0n) is 8.79. The second-order valence-electron chi connectivity index (χ2n) is 3.71. The molecule has 0 spiro atoms. The summed E-state index contributed by atoms with van der Waals surface area (Å²) in [5.41, 5.74) is 7.34. The number of hydrogen-bond donors (Lipinski definition) is 1. The minimum Gasteiger partial charge on any atom is -0.323 e. The van der Waals surface area contributed by atoms with Crippen molar-refractivity contribution < 1.29 is 0 Å². The number of benzene rings is 1. The van der Waals surface area contributed by atoms with E-state index in [0.717, 1.165) is 30.1 Å². The molecule has 0 saturated heterocycles. The summed E-state index contributed by atoms with van der Waals surface area (Å²) < 4.78 is 2.13. The molecule has 2 aromatic rings. The van der Waals surface area contributed by atoms with Crippen LogP contribution in [0.5, 0.6) is 0 Å². The predicted octanol–water partition coefficient (Wildman–Crippen LogP) is 5.17. The second kappa shape index (κ2) is 5.85. The van der Waals surface area contributed by atoms with E-state index in [2.05, 4.69) is 37.9 Å². The van der Waals surface area contributed by atoms with Gasteiger partial charge in [-0.3, -0.25) is 0 Å². The lowest BCUT2D eigenvalue weighted by Gasteiger charge is -2.09. The third-order valence-electron chi connectivity index (χ3n) is 2.37. The summed E-state index contributed by atoms with van der Waals surface area (Å²) in [5.74, 6) is 0. The normalized spacial score (nSPS) is 12.7. The van der Waals surface area contributed by atoms with Gasteiger partial charge in [0, 0.05) is 20.4 Å². The first-order valence-corrected chi connectivity index (χ1v) is 7.79. The molecule has 0 amide bonds. The fourth-order valence-electron chi connectivity index (χ4n) is 1.56. The molecule has 1 heterocycles. The van der Waals surface area contributed by atoms with E-state index in [9.17, 15) is 0 Å². The molecule has 2 rings (SSSR count). The van der Waals surface area contributed by atoms with Crippen molar-refractivity contribution in [1.29, 1.82) is 0 Å². The Morgan fingerprint density at radius 2 is 2.06 bits per heavy atom. The number of hydrogen-bond acceptors (Lipinski definition) is 2. The first kappa shape index (κ1) is 13.6. The number of halogens is 3. The van der Waals surface area contributed by atoms with E-state index in [-0.39, 0.29) is 6.04 Å². The van der Waals surface area contributed by atoms with Crippen LogP contribution in [-0.4, -0.2) is 0 Å². The van der Waals surface area contributed by atoms with E-state index >= 15 is 0 Å². The van der Waals surface area contributed by atoms with E-state index in [4.69, 9.17) is 17.3 Å². The van der Waals surface area contributed by atoms with Crippen molar-refractivity contribution in [2.24, 2.45) is 5.73 Å². The van der Waals surface area contributed by atoms with Crippen LogP contribution in [0.15, 0.2) is 38.6 Å². The highest BCUT2D eigenvalue weighted by molar-refractivity contribution is 9.13. The van der Waals surface area contributed by atoms with Gasteiger partial charge in [-0.2, -0.15) is 0 Å². The molecule has 2 N–H and O–H groups in total. The van der Waals surface area contributed by atoms with Gasteiger partial charge in [0.2, 0.25) is 0 Å². The molecule has 17 heavy (non-hydrogen) atoms. The summed E-state index contributed by atoms with van der Waals surface area (Å²) in [7, 11) is 0. The van der Waals surface area contributed by atoms with Crippen molar-refractivity contribution in [3.05, 3.63) is 54.1 Å². The Kier molecular flexibility index (Phi) is 4.66. The van der Waals surface area contributed by atoms with Crippen LogP contribution in [0, 0.1) is 0 Å². The van der Waals surface area contributed by atoms with Crippen molar-refractivity contribution in [3.8, 4) is 0 Å². The molecule has 5 heteroatoms. The van der Waals surface area contributed by atoms with Crippen LogP contribution >= 0.6 is 54.8 Å². The van der Waals surface area contributed by atoms with Gasteiger partial charge in [-0.05, 0) is 62.0 Å². The van der Waals surface area contributed by atoms with Crippen LogP contribution in [0.2, 0.25) is 5.02 Å². The van der Waals surface area contributed by atoms with Gasteiger partial charge in [0.25, 0.3) is 0 Å². The third kappa shape index (κ3) is 3.55. The number of thiophene rings is 1. The van der Waals surface area contributed by atoms with Gasteiger partial charge in [0.15, 0.2) is 0 Å². The summed E-state index contributed by atoms with van der Waals surface area (Å²) in [4.78, 5) is 1.16. The summed E-state index contributed by atoms with van der Waals surface area (Å²) in [5, 5.41) is 0.753. The number of rotatable bonds is 3. The summed E-state index contributed by atoms with van der Waals surface area (Å²) in [6.45, 7) is 0. The maximum absolute atomic E-state index is 6.18. The maximum Gasteiger partial charge on any atom is 0.0843 e. The van der Waals surface area contributed by atoms with E-state index in [1.54, 1.807) is 11.3 Å². The minimum absolute atomic E-state index is 0.000988. The van der Waals surface area contributed by atoms with E-state index in [1.807, 2.05) is 24.3 Å². The monoisotopic (exact) mass is 393 g/mol. The van der Waals surface area contributed by atoms with Gasteiger partial charge in [0.1, 0.15) is 0 Å². The number of nitrogens with two attached hydrogens (primary N) is 1. The molecule has 0 saturated carbocycles. The van der Waals surface area contributed by atoms with Gasteiger partial charge in [-0.1, -0.05) is 23.7 Å². The maximum atomic E-state index is 6.18. The van der Waals surface area contributed by atoms with Gasteiger partial charge in [0.05, 0.1) is 3.79 Å². The summed E-state index contributed by atoms with van der Waals surface area (Å²) >= 11 is 14.6. The molecule has 1 unspecified atom stereocenters. The molecule has 1 nitrogen and oxygen atoms in total. The molecule has 1 aromatic heterocycles. The molecule has 0 aliphatic carbocycles. The zero-order chi connectivity index (χ0) is 12.4. The Labute approximate surface area is 126 Å². The molecule has 0 bridgehead atoms. The Hall–Kier alpha value is 0.130. The SMILES string of the molecule is NC(Cc1cccc(Cl)c1)c1cc(Br)c(Br)s1. The molecule has 0 fully saturated rings. The predicted molar refractivity (Wildman–Crippen MR) is 81.8 cm³/mol. The Balaban J connectivity index is 2.14. The highest BCUT2D eigenvalue weighted by Gasteiger charge is 2.12. The fourth-order valence-corrected chi connectivity index (χ4v) is 3.87. The Morgan fingerprint density at radius 1 is 1.29 bits per heavy atom. The van der Waals surface area contributed by atoms with Crippen LogP contribution < -0.4 is 5.73 Å². The lowest BCUT2D eigenvalue weighted by Crippen LogP contribution is -2.11. The van der Waals surface area contributed by atoms with Gasteiger partial charge in [-0.15, -0.1) is 11.3 Å². The summed E-state index contributed by atoms with van der Waals surface area (Å²) in [6, 6.07) is 9.88. The van der Waals surface area contributed by atoms with Crippen LogP contribution in [0.25, 0.3) is 0 Å². The Morgan fingerprint density at radius 3 is 2.65 bits per heavy atom. The molecule has 1 aromatic carbocycles. The first-order valence-electron chi connectivity index (χ1n) is 5.01. The zero-order valence-corrected chi connectivity index (χ0v) is 13.5. The lowest BCUT2D eigenvalue weighted by atomic mass is 10.1. The van der Waals surface area contributed by atoms with Crippen molar-refractivity contribution in [2.45, 2.75) is 12.5 Å². The third-order valence-corrected chi connectivity index (χ3v) is 6.00. The molecule has 0 aliphatic heterocycles. The highest BCUT2D eigenvalue weighted by Crippen LogP contribution is 2.35. The summed E-state index contributed by atoms with van der Waals surface area (Å²) in [6.07, 6.45) is 0.792. The minimum atomic E-state index is 0.000988. The smallest absolute Gasteiger partial charge is 0.0843 e. The van der Waals surface area contributed by atoms with Crippen molar-refractivity contribution in [2.75, 3.05) is 0 Å². The largest absolute Gasteiger partial charge is 0.323 e. The topological polar surface area (TPSA) is 26.0 Å². The van der Waals surface area contributed by atoms with Gasteiger partial charge >= 0.3 is 0 Å². The van der Waals surface area contributed by atoms with Crippen molar-refractivity contribution >= 4 is 54.8 Å². The van der Waals surface area contributed by atoms with Gasteiger partial charge < -0.3 is 5.73 Å².